The molecular formula is C26H25N3O5. The van der Waals surface area contributed by atoms with Crippen molar-refractivity contribution in [2.75, 3.05) is 20.8 Å². The maximum atomic E-state index is 12.6. The minimum Gasteiger partial charge on any atom is -0.494 e. The van der Waals surface area contributed by atoms with E-state index in [1.165, 1.54) is 32.2 Å². The van der Waals surface area contributed by atoms with Crippen LogP contribution in [0.25, 0.3) is 33.3 Å². The highest BCUT2D eigenvalue weighted by Gasteiger charge is 2.24. The van der Waals surface area contributed by atoms with Gasteiger partial charge in [0.25, 0.3) is 5.91 Å². The highest BCUT2D eigenvalue weighted by molar-refractivity contribution is 6.10. The van der Waals surface area contributed by atoms with E-state index >= 15 is 0 Å². The molecule has 0 unspecified atom stereocenters. The van der Waals surface area contributed by atoms with E-state index in [-0.39, 0.29) is 17.9 Å². The fourth-order valence-corrected chi connectivity index (χ4v) is 3.93. The Kier molecular flexibility index (Phi) is 7.01. The second-order valence-corrected chi connectivity index (χ2v) is 7.65. The van der Waals surface area contributed by atoms with Gasteiger partial charge in [-0.3, -0.25) is 15.0 Å². The average molecular weight is 460 g/mol. The van der Waals surface area contributed by atoms with E-state index in [0.29, 0.717) is 22.3 Å². The van der Waals surface area contributed by atoms with Crippen LogP contribution in [0, 0.1) is 0 Å². The zero-order chi connectivity index (χ0) is 24.1. The molecule has 2 aromatic heterocycles. The summed E-state index contributed by atoms with van der Waals surface area (Å²) in [5, 5.41) is 18.7. The van der Waals surface area contributed by atoms with Crippen LogP contribution in [0.15, 0.2) is 60.9 Å². The fraction of sp³-hybridized carbons (Fsp3) is 0.192. The van der Waals surface area contributed by atoms with Crippen molar-refractivity contribution in [2.45, 2.75) is 12.8 Å². The second kappa shape index (κ2) is 10.3. The number of ether oxygens (including phenoxy) is 2. The van der Waals surface area contributed by atoms with E-state index < -0.39 is 5.91 Å². The Bertz CT molecular complexity index is 1310. The van der Waals surface area contributed by atoms with Gasteiger partial charge in [0.15, 0.2) is 11.5 Å². The predicted octanol–water partition coefficient (Wildman–Crippen LogP) is 4.02. The summed E-state index contributed by atoms with van der Waals surface area (Å²) in [7, 11) is 2.94. The number of aliphatic hydroxyl groups excluding tert-OH is 1. The molecule has 3 N–H and O–H groups in total. The molecule has 4 rings (SSSR count). The van der Waals surface area contributed by atoms with Gasteiger partial charge in [0, 0.05) is 23.8 Å². The van der Waals surface area contributed by atoms with Crippen molar-refractivity contribution in [1.82, 2.24) is 15.4 Å². The van der Waals surface area contributed by atoms with E-state index in [0.717, 1.165) is 29.5 Å². The summed E-state index contributed by atoms with van der Waals surface area (Å²) < 4.78 is 11.0. The van der Waals surface area contributed by atoms with Crippen LogP contribution >= 0.6 is 0 Å². The monoisotopic (exact) mass is 459 g/mol. The summed E-state index contributed by atoms with van der Waals surface area (Å²) in [5.41, 5.74) is 6.64. The molecule has 2 heterocycles. The third-order valence-corrected chi connectivity index (χ3v) is 5.64. The van der Waals surface area contributed by atoms with Crippen LogP contribution in [0.1, 0.15) is 22.3 Å². The number of aryl methyl sites for hydroxylation is 1. The van der Waals surface area contributed by atoms with Crippen LogP contribution in [0.2, 0.25) is 0 Å². The van der Waals surface area contributed by atoms with Gasteiger partial charge in [-0.25, -0.2) is 10.5 Å². The molecule has 0 spiro atoms. The SMILES string of the molecule is COc1c(-c2ccc(-c3ccc(CCCO)cc3)cc2)nc2c(OC)cncc2c1C(=O)NO. The van der Waals surface area contributed by atoms with Crippen LogP contribution < -0.4 is 15.0 Å². The van der Waals surface area contributed by atoms with E-state index in [1.54, 1.807) is 5.48 Å². The molecule has 0 aliphatic carbocycles. The summed E-state index contributed by atoms with van der Waals surface area (Å²) in [6.45, 7) is 0.180. The number of rotatable bonds is 8. The topological polar surface area (TPSA) is 114 Å². The molecular weight excluding hydrogens is 434 g/mol. The Morgan fingerprint density at radius 1 is 0.941 bits per heavy atom. The number of hydrogen-bond acceptors (Lipinski definition) is 7. The van der Waals surface area contributed by atoms with Gasteiger partial charge >= 0.3 is 0 Å². The number of hydrogen-bond donors (Lipinski definition) is 3. The number of benzene rings is 2. The number of aliphatic hydroxyl groups is 1. The molecule has 0 fully saturated rings. The standard InChI is InChI=1S/C26H25N3O5/c1-33-21-15-27-14-20-22(26(31)29-32)25(34-2)23(28-24(20)21)19-11-9-18(10-12-19)17-7-5-16(6-8-17)4-3-13-30/h5-12,14-15,30,32H,3-4,13H2,1-2H3,(H,29,31). The number of amides is 1. The highest BCUT2D eigenvalue weighted by atomic mass is 16.5. The molecule has 0 aliphatic heterocycles. The Morgan fingerprint density at radius 2 is 1.59 bits per heavy atom. The van der Waals surface area contributed by atoms with Crippen molar-refractivity contribution in [3.63, 3.8) is 0 Å². The lowest BCUT2D eigenvalue weighted by Crippen LogP contribution is -2.20. The summed E-state index contributed by atoms with van der Waals surface area (Å²) in [6.07, 6.45) is 4.58. The molecule has 34 heavy (non-hydrogen) atoms. The first kappa shape index (κ1) is 23.2. The zero-order valence-corrected chi connectivity index (χ0v) is 18.9. The smallest absolute Gasteiger partial charge is 0.279 e. The number of hydroxylamine groups is 1. The van der Waals surface area contributed by atoms with Gasteiger partial charge < -0.3 is 14.6 Å². The summed E-state index contributed by atoms with van der Waals surface area (Å²) in [5.74, 6) is -0.125. The van der Waals surface area contributed by atoms with Crippen LogP contribution in [0.4, 0.5) is 0 Å². The summed E-state index contributed by atoms with van der Waals surface area (Å²) in [6, 6.07) is 16.0. The normalized spacial score (nSPS) is 10.8. The van der Waals surface area contributed by atoms with Gasteiger partial charge in [0.2, 0.25) is 0 Å². The predicted molar refractivity (Wildman–Crippen MR) is 128 cm³/mol. The first-order valence-electron chi connectivity index (χ1n) is 10.8. The summed E-state index contributed by atoms with van der Waals surface area (Å²) >= 11 is 0. The maximum absolute atomic E-state index is 12.6. The number of methoxy groups -OCH3 is 2. The van der Waals surface area contributed by atoms with Crippen molar-refractivity contribution < 1.29 is 24.6 Å². The molecule has 0 saturated heterocycles. The van der Waals surface area contributed by atoms with Crippen molar-refractivity contribution in [1.29, 1.82) is 0 Å². The zero-order valence-electron chi connectivity index (χ0n) is 18.9. The van der Waals surface area contributed by atoms with E-state index in [9.17, 15) is 10.0 Å². The van der Waals surface area contributed by atoms with Crippen LogP contribution in [0.3, 0.4) is 0 Å². The molecule has 1 amide bonds. The fourth-order valence-electron chi connectivity index (χ4n) is 3.93. The largest absolute Gasteiger partial charge is 0.494 e. The minimum absolute atomic E-state index is 0.110. The maximum Gasteiger partial charge on any atom is 0.279 e. The van der Waals surface area contributed by atoms with Crippen molar-refractivity contribution >= 4 is 16.8 Å². The lowest BCUT2D eigenvalue weighted by molar-refractivity contribution is 0.0705. The Hall–Kier alpha value is -4.01. The quantitative estimate of drug-likeness (QED) is 0.269. The van der Waals surface area contributed by atoms with Crippen LogP contribution in [-0.2, 0) is 6.42 Å². The van der Waals surface area contributed by atoms with Crippen molar-refractivity contribution in [3.05, 3.63) is 72.1 Å². The van der Waals surface area contributed by atoms with Crippen LogP contribution in [-0.4, -0.2) is 47.0 Å². The molecule has 0 radical (unpaired) electrons. The van der Waals surface area contributed by atoms with Crippen molar-refractivity contribution in [2.24, 2.45) is 0 Å². The Labute approximate surface area is 196 Å². The molecule has 8 nitrogen and oxygen atoms in total. The first-order chi connectivity index (χ1) is 16.6. The van der Waals surface area contributed by atoms with E-state index in [2.05, 4.69) is 29.2 Å². The van der Waals surface area contributed by atoms with Gasteiger partial charge in [-0.2, -0.15) is 0 Å². The third kappa shape index (κ3) is 4.41. The van der Waals surface area contributed by atoms with Gasteiger partial charge in [-0.15, -0.1) is 0 Å². The number of nitrogens with one attached hydrogen (secondary N) is 1. The number of aromatic nitrogens is 2. The van der Waals surface area contributed by atoms with E-state index in [4.69, 9.17) is 19.6 Å². The van der Waals surface area contributed by atoms with Crippen LogP contribution in [0.5, 0.6) is 11.5 Å². The Balaban J connectivity index is 1.79. The molecule has 0 saturated carbocycles. The van der Waals surface area contributed by atoms with Gasteiger partial charge in [0.05, 0.1) is 26.0 Å². The summed E-state index contributed by atoms with van der Waals surface area (Å²) in [4.78, 5) is 21.4. The lowest BCUT2D eigenvalue weighted by atomic mass is 9.98. The number of carbonyl (C=O) groups excluding carboxylic acids is 1. The lowest BCUT2D eigenvalue weighted by Gasteiger charge is -2.16. The number of nitrogens with zero attached hydrogens (tertiary/aromatic N) is 2. The second-order valence-electron chi connectivity index (χ2n) is 7.65. The minimum atomic E-state index is -0.738. The number of fused-ring (bicyclic) bond motifs is 1. The third-order valence-electron chi connectivity index (χ3n) is 5.64. The highest BCUT2D eigenvalue weighted by Crippen LogP contribution is 2.39. The van der Waals surface area contributed by atoms with Crippen molar-refractivity contribution in [3.8, 4) is 33.9 Å². The number of carbonyl (C=O) groups is 1. The Morgan fingerprint density at radius 3 is 2.18 bits per heavy atom. The van der Waals surface area contributed by atoms with Gasteiger partial charge in [-0.05, 0) is 29.5 Å². The molecule has 0 atom stereocenters. The molecule has 8 heteroatoms. The number of pyridine rings is 2. The van der Waals surface area contributed by atoms with Gasteiger partial charge in [0.1, 0.15) is 11.2 Å². The molecule has 174 valence electrons. The molecule has 0 aliphatic rings. The first-order valence-corrected chi connectivity index (χ1v) is 10.8. The molecule has 4 aromatic rings. The van der Waals surface area contributed by atoms with E-state index in [1.807, 2.05) is 24.3 Å². The average Bonchev–Trinajstić information content (AvgIpc) is 2.90. The molecule has 2 aromatic carbocycles. The van der Waals surface area contributed by atoms with Gasteiger partial charge in [-0.1, -0.05) is 48.5 Å². The molecule has 0 bridgehead atoms.